The molecule has 3 aromatic rings. The highest BCUT2D eigenvalue weighted by Gasteiger charge is 2.50. The van der Waals surface area contributed by atoms with E-state index in [1.165, 1.54) is 17.0 Å². The maximum absolute atomic E-state index is 14.0. The van der Waals surface area contributed by atoms with Gasteiger partial charge >= 0.3 is 11.9 Å². The van der Waals surface area contributed by atoms with E-state index in [0.717, 1.165) is 16.7 Å². The van der Waals surface area contributed by atoms with Crippen molar-refractivity contribution < 1.29 is 29.3 Å². The van der Waals surface area contributed by atoms with Crippen LogP contribution in [0.2, 0.25) is 0 Å². The summed E-state index contributed by atoms with van der Waals surface area (Å²) < 4.78 is 5.59. The van der Waals surface area contributed by atoms with E-state index >= 15 is 0 Å². The number of hydrogen-bond acceptors (Lipinski definition) is 4. The Morgan fingerprint density at radius 1 is 0.919 bits per heavy atom. The van der Waals surface area contributed by atoms with Crippen LogP contribution >= 0.6 is 0 Å². The molecule has 0 aromatic heterocycles. The third kappa shape index (κ3) is 4.94. The number of carboxylic acids is 2. The van der Waals surface area contributed by atoms with E-state index in [4.69, 9.17) is 4.74 Å². The lowest BCUT2D eigenvalue weighted by Gasteiger charge is -2.45. The zero-order valence-electron chi connectivity index (χ0n) is 21.4. The molecule has 1 aliphatic heterocycles. The van der Waals surface area contributed by atoms with Crippen LogP contribution in [0.1, 0.15) is 63.7 Å². The molecule has 0 bridgehead atoms. The number of hydrogen-bond donors (Lipinski definition) is 2. The van der Waals surface area contributed by atoms with E-state index < -0.39 is 23.4 Å². The normalized spacial score (nSPS) is 17.1. The van der Waals surface area contributed by atoms with Gasteiger partial charge in [0.2, 0.25) is 0 Å². The zero-order chi connectivity index (χ0) is 27.0. The quantitative estimate of drug-likeness (QED) is 0.495. The van der Waals surface area contributed by atoms with Gasteiger partial charge in [-0.3, -0.25) is 4.79 Å². The van der Waals surface area contributed by atoms with Crippen molar-refractivity contribution in [1.82, 2.24) is 4.90 Å². The van der Waals surface area contributed by atoms with E-state index in [2.05, 4.69) is 20.8 Å². The minimum atomic E-state index is -1.61. The van der Waals surface area contributed by atoms with Crippen molar-refractivity contribution in [2.45, 2.75) is 51.1 Å². The summed E-state index contributed by atoms with van der Waals surface area (Å²) >= 11 is 0. The summed E-state index contributed by atoms with van der Waals surface area (Å²) in [5.74, 6) is -2.10. The number of fused-ring (bicyclic) bond motifs is 1. The number of aliphatic carboxylic acids is 1. The maximum atomic E-state index is 14.0. The Morgan fingerprint density at radius 2 is 1.59 bits per heavy atom. The molecular weight excluding hydrogens is 470 g/mol. The van der Waals surface area contributed by atoms with Crippen molar-refractivity contribution in [3.8, 4) is 5.75 Å². The molecule has 0 spiro atoms. The molecular formula is C30H31NO6. The number of benzene rings is 3. The summed E-state index contributed by atoms with van der Waals surface area (Å²) in [6.45, 7) is 6.19. The first-order valence-electron chi connectivity index (χ1n) is 12.1. The lowest BCUT2D eigenvalue weighted by atomic mass is 9.77. The predicted molar refractivity (Wildman–Crippen MR) is 139 cm³/mol. The fourth-order valence-electron chi connectivity index (χ4n) is 5.03. The molecule has 0 aliphatic carbocycles. The first-order chi connectivity index (χ1) is 17.5. The highest BCUT2D eigenvalue weighted by atomic mass is 16.5. The van der Waals surface area contributed by atoms with Crippen molar-refractivity contribution >= 4 is 17.8 Å². The number of nitrogens with zero attached hydrogens (tertiary/aromatic N) is 1. The predicted octanol–water partition coefficient (Wildman–Crippen LogP) is 4.96. The van der Waals surface area contributed by atoms with Crippen LogP contribution in [0.15, 0.2) is 66.7 Å². The van der Waals surface area contributed by atoms with Gasteiger partial charge in [-0.25, -0.2) is 9.59 Å². The SMILES string of the molecule is COc1cc(C(=O)N2Cc3ccc(C(=O)O)cc3CC2(Cc2ccccc2)C(=O)O)ccc1C(C)(C)C. The first kappa shape index (κ1) is 25.9. The van der Waals surface area contributed by atoms with E-state index in [0.29, 0.717) is 16.9 Å². The van der Waals surface area contributed by atoms with Gasteiger partial charge in [0, 0.05) is 24.9 Å². The number of methoxy groups -OCH3 is 1. The lowest BCUT2D eigenvalue weighted by Crippen LogP contribution is -2.61. The molecule has 7 heteroatoms. The highest BCUT2D eigenvalue weighted by Crippen LogP contribution is 2.38. The van der Waals surface area contributed by atoms with Crippen LogP contribution in [0.5, 0.6) is 5.75 Å². The Balaban J connectivity index is 1.85. The average molecular weight is 502 g/mol. The topological polar surface area (TPSA) is 104 Å². The summed E-state index contributed by atoms with van der Waals surface area (Å²) in [6, 6.07) is 19.1. The fourth-order valence-corrected chi connectivity index (χ4v) is 5.03. The number of rotatable bonds is 6. The van der Waals surface area contributed by atoms with Gasteiger partial charge < -0.3 is 19.8 Å². The summed E-state index contributed by atoms with van der Waals surface area (Å²) in [7, 11) is 1.55. The van der Waals surface area contributed by atoms with Crippen molar-refractivity contribution in [2.24, 2.45) is 0 Å². The minimum Gasteiger partial charge on any atom is -0.496 e. The molecule has 0 fully saturated rings. The third-order valence-corrected chi connectivity index (χ3v) is 7.02. The van der Waals surface area contributed by atoms with Crippen molar-refractivity contribution in [3.63, 3.8) is 0 Å². The van der Waals surface area contributed by atoms with Gasteiger partial charge in [0.15, 0.2) is 0 Å². The van der Waals surface area contributed by atoms with Crippen LogP contribution in [0.3, 0.4) is 0 Å². The van der Waals surface area contributed by atoms with Gasteiger partial charge in [-0.15, -0.1) is 0 Å². The Morgan fingerprint density at radius 3 is 2.19 bits per heavy atom. The second-order valence-corrected chi connectivity index (χ2v) is 10.5. The Kier molecular flexibility index (Phi) is 6.82. The third-order valence-electron chi connectivity index (χ3n) is 7.02. The van der Waals surface area contributed by atoms with E-state index in [-0.39, 0.29) is 30.4 Å². The molecule has 0 radical (unpaired) electrons. The molecule has 1 amide bonds. The molecule has 1 atom stereocenters. The monoisotopic (exact) mass is 501 g/mol. The van der Waals surface area contributed by atoms with Crippen LogP contribution in [-0.4, -0.2) is 45.6 Å². The molecule has 1 unspecified atom stereocenters. The molecule has 2 N–H and O–H groups in total. The molecule has 4 rings (SSSR count). The van der Waals surface area contributed by atoms with E-state index in [1.807, 2.05) is 36.4 Å². The Bertz CT molecular complexity index is 1360. The molecule has 0 saturated carbocycles. The number of carboxylic acid groups (broad SMARTS) is 2. The summed E-state index contributed by atoms with van der Waals surface area (Å²) in [6.07, 6.45) is 0.0551. The largest absolute Gasteiger partial charge is 0.496 e. The standard InChI is InChI=1S/C30H31NO6/c1-29(2,3)24-13-12-20(15-25(24)37-4)26(32)31-18-22-11-10-21(27(33)34)14-23(22)17-30(31,28(35)36)16-19-8-6-5-7-9-19/h5-15H,16-18H2,1-4H3,(H,33,34)(H,35,36). The second kappa shape index (κ2) is 9.73. The second-order valence-electron chi connectivity index (χ2n) is 10.5. The van der Waals surface area contributed by atoms with E-state index in [1.54, 1.807) is 25.3 Å². The van der Waals surface area contributed by atoms with Gasteiger partial charge in [-0.05, 0) is 51.9 Å². The number of ether oxygens (including phenoxy) is 1. The van der Waals surface area contributed by atoms with Gasteiger partial charge in [0.25, 0.3) is 5.91 Å². The molecule has 1 aliphatic rings. The van der Waals surface area contributed by atoms with Crippen LogP contribution in [0, 0.1) is 0 Å². The van der Waals surface area contributed by atoms with Crippen molar-refractivity contribution in [2.75, 3.05) is 7.11 Å². The smallest absolute Gasteiger partial charge is 0.335 e. The Hall–Kier alpha value is -4.13. The summed E-state index contributed by atoms with van der Waals surface area (Å²) in [5, 5.41) is 20.1. The van der Waals surface area contributed by atoms with Gasteiger partial charge in [0.1, 0.15) is 11.3 Å². The van der Waals surface area contributed by atoms with E-state index in [9.17, 15) is 24.6 Å². The van der Waals surface area contributed by atoms with Gasteiger partial charge in [-0.1, -0.05) is 63.2 Å². The zero-order valence-corrected chi connectivity index (χ0v) is 21.4. The minimum absolute atomic E-state index is 0.0172. The number of carbonyl (C=O) groups excluding carboxylic acids is 1. The Labute approximate surface area is 216 Å². The van der Waals surface area contributed by atoms with Crippen LogP contribution in [0.4, 0.5) is 0 Å². The van der Waals surface area contributed by atoms with Gasteiger partial charge in [-0.2, -0.15) is 0 Å². The van der Waals surface area contributed by atoms with Crippen molar-refractivity contribution in [1.29, 1.82) is 0 Å². The van der Waals surface area contributed by atoms with Crippen LogP contribution < -0.4 is 4.74 Å². The molecule has 0 saturated heterocycles. The summed E-state index contributed by atoms with van der Waals surface area (Å²) in [5.41, 5.74) is 1.63. The molecule has 7 nitrogen and oxygen atoms in total. The maximum Gasteiger partial charge on any atom is 0.335 e. The van der Waals surface area contributed by atoms with Crippen LogP contribution in [-0.2, 0) is 29.6 Å². The van der Waals surface area contributed by atoms with Crippen LogP contribution in [0.25, 0.3) is 0 Å². The fraction of sp³-hybridized carbons (Fsp3) is 0.300. The van der Waals surface area contributed by atoms with Crippen molar-refractivity contribution in [3.05, 3.63) is 100 Å². The highest BCUT2D eigenvalue weighted by molar-refractivity contribution is 5.99. The molecule has 192 valence electrons. The molecule has 1 heterocycles. The number of aromatic carboxylic acids is 1. The van der Waals surface area contributed by atoms with Gasteiger partial charge in [0.05, 0.1) is 12.7 Å². The lowest BCUT2D eigenvalue weighted by molar-refractivity contribution is -0.151. The molecule has 37 heavy (non-hydrogen) atoms. The average Bonchev–Trinajstić information content (AvgIpc) is 2.87. The number of carbonyl (C=O) groups is 3. The first-order valence-corrected chi connectivity index (χ1v) is 12.1. The summed E-state index contributed by atoms with van der Waals surface area (Å²) in [4.78, 5) is 40.1. The molecule has 3 aromatic carbocycles. The number of amides is 1.